The number of sulfone groups is 1. The van der Waals surface area contributed by atoms with Crippen LogP contribution in [0.4, 0.5) is 13.2 Å². The van der Waals surface area contributed by atoms with Crippen molar-refractivity contribution in [3.8, 4) is 0 Å². The fourth-order valence-electron chi connectivity index (χ4n) is 3.47. The third-order valence-corrected chi connectivity index (χ3v) is 6.68. The zero-order valence-corrected chi connectivity index (χ0v) is 17.4. The largest absolute Gasteiger partial charge is 0.501 e. The molecular formula is C21H23F3N2O4S. The summed E-state index contributed by atoms with van der Waals surface area (Å²) < 4.78 is 60.4. The normalized spacial score (nSPS) is 15.9. The number of amides is 1. The minimum absolute atomic E-state index is 0.0308. The highest BCUT2D eigenvalue weighted by Crippen LogP contribution is 2.30. The monoisotopic (exact) mass is 456 g/mol. The summed E-state index contributed by atoms with van der Waals surface area (Å²) in [5.41, 5.74) is -2.81. The van der Waals surface area contributed by atoms with Crippen LogP contribution < -0.4 is 5.32 Å². The molecule has 0 aliphatic carbocycles. The second-order valence-corrected chi connectivity index (χ2v) is 9.37. The molecule has 6 nitrogen and oxygen atoms in total. The van der Waals surface area contributed by atoms with E-state index in [0.29, 0.717) is 13.0 Å². The van der Waals surface area contributed by atoms with E-state index in [1.165, 1.54) is 11.1 Å². The number of fused-ring (bicyclic) bond motifs is 1. The van der Waals surface area contributed by atoms with Crippen molar-refractivity contribution in [1.29, 1.82) is 0 Å². The first-order chi connectivity index (χ1) is 14.6. The van der Waals surface area contributed by atoms with Crippen LogP contribution in [-0.2, 0) is 22.8 Å². The van der Waals surface area contributed by atoms with Gasteiger partial charge in [0, 0.05) is 31.7 Å². The molecule has 2 N–H and O–H groups in total. The number of benzene rings is 2. The van der Waals surface area contributed by atoms with Crippen molar-refractivity contribution in [2.24, 2.45) is 0 Å². The molecule has 1 aliphatic rings. The third kappa shape index (κ3) is 5.63. The molecule has 0 bridgehead atoms. The number of nitrogens with one attached hydrogen (secondary N) is 1. The molecule has 1 heterocycles. The van der Waals surface area contributed by atoms with Crippen LogP contribution in [-0.4, -0.2) is 55.6 Å². The van der Waals surface area contributed by atoms with Gasteiger partial charge in [0.15, 0.2) is 0 Å². The van der Waals surface area contributed by atoms with Crippen LogP contribution in [0.1, 0.15) is 27.9 Å². The van der Waals surface area contributed by atoms with Crippen LogP contribution >= 0.6 is 0 Å². The van der Waals surface area contributed by atoms with Gasteiger partial charge in [0.2, 0.25) is 0 Å². The molecule has 0 spiro atoms. The van der Waals surface area contributed by atoms with Crippen molar-refractivity contribution < 1.29 is 31.5 Å². The molecule has 3 rings (SSSR count). The number of aliphatic hydroxyl groups is 1. The first kappa shape index (κ1) is 23.2. The summed E-state index contributed by atoms with van der Waals surface area (Å²) in [4.78, 5) is 13.4. The maximum absolute atomic E-state index is 12.6. The molecule has 0 fully saturated rings. The Kier molecular flexibility index (Phi) is 7.03. The molecule has 0 radical (unpaired) electrons. The number of aliphatic hydroxyl groups excluding tert-OH is 1. The topological polar surface area (TPSA) is 86.7 Å². The molecule has 1 unspecified atom stereocenters. The zero-order valence-electron chi connectivity index (χ0n) is 16.6. The number of alkyl halides is 3. The molecule has 10 heteroatoms. The number of halogens is 3. The molecule has 2 aromatic rings. The first-order valence-electron chi connectivity index (χ1n) is 9.75. The van der Waals surface area contributed by atoms with Crippen molar-refractivity contribution in [2.75, 3.05) is 19.6 Å². The van der Waals surface area contributed by atoms with E-state index in [1.807, 2.05) is 12.1 Å². The van der Waals surface area contributed by atoms with Crippen molar-refractivity contribution in [3.63, 3.8) is 0 Å². The molecule has 31 heavy (non-hydrogen) atoms. The second kappa shape index (κ2) is 9.37. The number of carbonyl (C=O) groups is 1. The van der Waals surface area contributed by atoms with Crippen molar-refractivity contribution in [2.45, 2.75) is 35.9 Å². The highest BCUT2D eigenvalue weighted by Gasteiger charge is 2.46. The van der Waals surface area contributed by atoms with Gasteiger partial charge in [-0.2, -0.15) is 13.2 Å². The van der Waals surface area contributed by atoms with Crippen molar-refractivity contribution in [1.82, 2.24) is 10.2 Å². The van der Waals surface area contributed by atoms with E-state index in [9.17, 15) is 31.5 Å². The van der Waals surface area contributed by atoms with Crippen LogP contribution in [0.3, 0.4) is 0 Å². The fraction of sp³-hybridized carbons (Fsp3) is 0.381. The number of β-amino-alcohol motifs (C(OH)–C–C–N with tert-alkyl or cyclic N) is 1. The number of carbonyl (C=O) groups excluding carboxylic acids is 1. The van der Waals surface area contributed by atoms with Gasteiger partial charge in [-0.3, -0.25) is 9.69 Å². The van der Waals surface area contributed by atoms with E-state index >= 15 is 0 Å². The number of nitrogens with zero attached hydrogens (tertiary/aromatic N) is 1. The van der Waals surface area contributed by atoms with E-state index in [0.717, 1.165) is 43.8 Å². The lowest BCUT2D eigenvalue weighted by Crippen LogP contribution is -2.38. The lowest BCUT2D eigenvalue weighted by molar-refractivity contribution is -0.0436. The van der Waals surface area contributed by atoms with E-state index in [4.69, 9.17) is 0 Å². The van der Waals surface area contributed by atoms with Gasteiger partial charge >= 0.3 is 5.51 Å². The van der Waals surface area contributed by atoms with Crippen molar-refractivity contribution in [3.05, 3.63) is 65.2 Å². The Morgan fingerprint density at radius 1 is 1.10 bits per heavy atom. The standard InChI is InChI=1S/C21H23F3N2O4S/c22-21(23,24)31(29,30)19-7-5-16(6-8-19)20(28)25-11-9-18(27)14-26-12-10-15-3-1-2-4-17(15)13-26/h1-8,18,27H,9-14H2,(H,25,28). The van der Waals surface area contributed by atoms with E-state index in [2.05, 4.69) is 22.3 Å². The first-order valence-corrected chi connectivity index (χ1v) is 11.2. The molecular weight excluding hydrogens is 433 g/mol. The quantitative estimate of drug-likeness (QED) is 0.669. The van der Waals surface area contributed by atoms with Crippen LogP contribution in [0, 0.1) is 0 Å². The minimum atomic E-state index is -5.45. The summed E-state index contributed by atoms with van der Waals surface area (Å²) in [5, 5.41) is 12.9. The number of rotatable bonds is 7. The summed E-state index contributed by atoms with van der Waals surface area (Å²) >= 11 is 0. The Bertz CT molecular complexity index is 1020. The Morgan fingerprint density at radius 3 is 2.39 bits per heavy atom. The molecule has 0 saturated carbocycles. The maximum Gasteiger partial charge on any atom is 0.501 e. The van der Waals surface area contributed by atoms with Crippen LogP contribution in [0.5, 0.6) is 0 Å². The SMILES string of the molecule is O=C(NCCC(O)CN1CCc2ccccc2C1)c1ccc(S(=O)(=O)C(F)(F)F)cc1. The Morgan fingerprint density at radius 2 is 1.74 bits per heavy atom. The molecule has 0 aromatic heterocycles. The Labute approximate surface area is 178 Å². The predicted octanol–water partition coefficient (Wildman–Crippen LogP) is 2.52. The molecule has 1 atom stereocenters. The van der Waals surface area contributed by atoms with Crippen LogP contribution in [0.15, 0.2) is 53.4 Å². The smallest absolute Gasteiger partial charge is 0.392 e. The molecule has 0 saturated heterocycles. The molecule has 168 valence electrons. The summed E-state index contributed by atoms with van der Waals surface area (Å²) in [5.74, 6) is -0.560. The van der Waals surface area contributed by atoms with E-state index in [-0.39, 0.29) is 12.1 Å². The van der Waals surface area contributed by atoms with E-state index < -0.39 is 32.3 Å². The molecule has 2 aromatic carbocycles. The highest BCUT2D eigenvalue weighted by atomic mass is 32.2. The van der Waals surface area contributed by atoms with Gasteiger partial charge in [-0.05, 0) is 48.2 Å². The highest BCUT2D eigenvalue weighted by molar-refractivity contribution is 7.92. The molecule has 1 amide bonds. The van der Waals surface area contributed by atoms with Crippen LogP contribution in [0.25, 0.3) is 0 Å². The van der Waals surface area contributed by atoms with Gasteiger partial charge in [0.1, 0.15) is 0 Å². The fourth-order valence-corrected chi connectivity index (χ4v) is 4.23. The summed E-state index contributed by atoms with van der Waals surface area (Å²) in [6, 6.07) is 11.7. The van der Waals surface area contributed by atoms with Gasteiger partial charge in [0.25, 0.3) is 15.7 Å². The minimum Gasteiger partial charge on any atom is -0.392 e. The summed E-state index contributed by atoms with van der Waals surface area (Å²) in [6.07, 6.45) is 0.578. The molecule has 1 aliphatic heterocycles. The van der Waals surface area contributed by atoms with Gasteiger partial charge in [-0.25, -0.2) is 8.42 Å². The second-order valence-electron chi connectivity index (χ2n) is 7.43. The number of hydrogen-bond acceptors (Lipinski definition) is 5. The average Bonchev–Trinajstić information content (AvgIpc) is 2.73. The number of hydrogen-bond donors (Lipinski definition) is 2. The third-order valence-electron chi connectivity index (χ3n) is 5.17. The van der Waals surface area contributed by atoms with E-state index in [1.54, 1.807) is 0 Å². The lowest BCUT2D eigenvalue weighted by Gasteiger charge is -2.30. The Balaban J connectivity index is 1.46. The van der Waals surface area contributed by atoms with Gasteiger partial charge in [0.05, 0.1) is 11.0 Å². The average molecular weight is 456 g/mol. The maximum atomic E-state index is 12.6. The van der Waals surface area contributed by atoms with Gasteiger partial charge in [-0.1, -0.05) is 24.3 Å². The zero-order chi connectivity index (χ0) is 22.6. The van der Waals surface area contributed by atoms with Crippen LogP contribution in [0.2, 0.25) is 0 Å². The van der Waals surface area contributed by atoms with Crippen molar-refractivity contribution >= 4 is 15.7 Å². The lowest BCUT2D eigenvalue weighted by atomic mass is 9.99. The van der Waals surface area contributed by atoms with Gasteiger partial charge in [-0.15, -0.1) is 0 Å². The van der Waals surface area contributed by atoms with Gasteiger partial charge < -0.3 is 10.4 Å². The Hall–Kier alpha value is -2.43. The summed E-state index contributed by atoms with van der Waals surface area (Å²) in [7, 11) is -5.45. The summed E-state index contributed by atoms with van der Waals surface area (Å²) in [6.45, 7) is 2.24. The predicted molar refractivity (Wildman–Crippen MR) is 108 cm³/mol.